The average molecular weight is 493 g/mol. The van der Waals surface area contributed by atoms with Gasteiger partial charge in [0.2, 0.25) is 11.7 Å². The van der Waals surface area contributed by atoms with Crippen molar-refractivity contribution in [3.63, 3.8) is 0 Å². The van der Waals surface area contributed by atoms with E-state index in [2.05, 4.69) is 10.1 Å². The van der Waals surface area contributed by atoms with Crippen LogP contribution in [0.4, 0.5) is 0 Å². The highest BCUT2D eigenvalue weighted by Crippen LogP contribution is 2.37. The molecule has 172 valence electrons. The molecule has 3 aromatic heterocycles. The van der Waals surface area contributed by atoms with Gasteiger partial charge in [0.1, 0.15) is 4.70 Å². The van der Waals surface area contributed by atoms with Gasteiger partial charge in [-0.3, -0.25) is 9.36 Å². The van der Waals surface area contributed by atoms with Gasteiger partial charge in [0.05, 0.1) is 31.1 Å². The van der Waals surface area contributed by atoms with E-state index in [9.17, 15) is 4.79 Å². The first-order chi connectivity index (χ1) is 16.6. The molecular formula is C24H20N4O4S2. The lowest BCUT2D eigenvalue weighted by Gasteiger charge is -2.09. The van der Waals surface area contributed by atoms with Crippen LogP contribution >= 0.6 is 23.1 Å². The van der Waals surface area contributed by atoms with Crippen molar-refractivity contribution in [1.29, 1.82) is 0 Å². The van der Waals surface area contributed by atoms with Crippen LogP contribution in [0.15, 0.2) is 69.1 Å². The smallest absolute Gasteiger partial charge is 0.271 e. The Bertz CT molecular complexity index is 1530. The van der Waals surface area contributed by atoms with E-state index in [1.54, 1.807) is 31.9 Å². The van der Waals surface area contributed by atoms with E-state index in [1.807, 2.05) is 48.5 Å². The summed E-state index contributed by atoms with van der Waals surface area (Å²) < 4.78 is 18.4. The minimum Gasteiger partial charge on any atom is -0.493 e. The monoisotopic (exact) mass is 492 g/mol. The van der Waals surface area contributed by atoms with Gasteiger partial charge >= 0.3 is 0 Å². The molecule has 0 bridgehead atoms. The molecule has 3 heterocycles. The van der Waals surface area contributed by atoms with E-state index in [0.29, 0.717) is 49.9 Å². The van der Waals surface area contributed by atoms with Gasteiger partial charge < -0.3 is 14.0 Å². The Morgan fingerprint density at radius 3 is 2.65 bits per heavy atom. The second kappa shape index (κ2) is 9.32. The van der Waals surface area contributed by atoms with Gasteiger partial charge in [0, 0.05) is 11.9 Å². The predicted octanol–water partition coefficient (Wildman–Crippen LogP) is 5.02. The van der Waals surface area contributed by atoms with E-state index in [1.165, 1.54) is 23.1 Å². The molecule has 0 radical (unpaired) electrons. The Hall–Kier alpha value is -3.63. The Kier molecular flexibility index (Phi) is 6.08. The summed E-state index contributed by atoms with van der Waals surface area (Å²) in [6.07, 6.45) is 0. The first-order valence-corrected chi connectivity index (χ1v) is 12.1. The summed E-state index contributed by atoms with van der Waals surface area (Å²) in [5.74, 6) is 2.29. The van der Waals surface area contributed by atoms with Crippen LogP contribution in [0.1, 0.15) is 5.89 Å². The minimum absolute atomic E-state index is 0.0768. The van der Waals surface area contributed by atoms with Crippen molar-refractivity contribution in [3.05, 3.63) is 70.8 Å². The second-order valence-electron chi connectivity index (χ2n) is 7.29. The van der Waals surface area contributed by atoms with Gasteiger partial charge in [-0.25, -0.2) is 4.98 Å². The van der Waals surface area contributed by atoms with Crippen LogP contribution in [0.3, 0.4) is 0 Å². The van der Waals surface area contributed by atoms with E-state index >= 15 is 0 Å². The van der Waals surface area contributed by atoms with Crippen LogP contribution in [0.2, 0.25) is 0 Å². The molecule has 5 aromatic rings. The number of rotatable bonds is 7. The number of para-hydroxylation sites is 1. The standard InChI is InChI=1S/C24H20N4O4S2/c1-28-23(29)21-16(12-18(34-21)14-8-5-4-6-9-14)25-24(28)33-13-19-26-22(27-32-19)15-10-7-11-17(30-2)20(15)31-3/h4-12H,13H2,1-3H3. The third-order valence-electron chi connectivity index (χ3n) is 5.21. The summed E-state index contributed by atoms with van der Waals surface area (Å²) in [6.45, 7) is 0. The first-order valence-electron chi connectivity index (χ1n) is 10.3. The molecule has 0 amide bonds. The number of ether oxygens (including phenoxy) is 2. The van der Waals surface area contributed by atoms with Crippen LogP contribution in [0, 0.1) is 0 Å². The average Bonchev–Trinajstić information content (AvgIpc) is 3.53. The number of thioether (sulfide) groups is 1. The number of aromatic nitrogens is 4. The summed E-state index contributed by atoms with van der Waals surface area (Å²) in [5, 5.41) is 4.66. The fourth-order valence-electron chi connectivity index (χ4n) is 3.52. The SMILES string of the molecule is COc1cccc(-c2noc(CSc3nc4cc(-c5ccccc5)sc4c(=O)n3C)n2)c1OC. The molecule has 0 atom stereocenters. The highest BCUT2D eigenvalue weighted by atomic mass is 32.2. The fourth-order valence-corrected chi connectivity index (χ4v) is 5.41. The van der Waals surface area contributed by atoms with Gasteiger partial charge in [-0.2, -0.15) is 4.98 Å². The van der Waals surface area contributed by atoms with E-state index in [-0.39, 0.29) is 5.56 Å². The molecule has 0 aliphatic heterocycles. The molecule has 5 rings (SSSR count). The largest absolute Gasteiger partial charge is 0.493 e. The van der Waals surface area contributed by atoms with E-state index < -0.39 is 0 Å². The molecule has 0 saturated heterocycles. The van der Waals surface area contributed by atoms with Gasteiger partial charge in [0.15, 0.2) is 16.7 Å². The molecule has 8 nitrogen and oxygen atoms in total. The molecule has 0 N–H and O–H groups in total. The number of nitrogens with zero attached hydrogens (tertiary/aromatic N) is 4. The maximum Gasteiger partial charge on any atom is 0.271 e. The zero-order valence-electron chi connectivity index (χ0n) is 18.6. The zero-order chi connectivity index (χ0) is 23.7. The van der Waals surface area contributed by atoms with Crippen molar-refractivity contribution in [1.82, 2.24) is 19.7 Å². The second-order valence-corrected chi connectivity index (χ2v) is 9.29. The molecular weight excluding hydrogens is 472 g/mol. The lowest BCUT2D eigenvalue weighted by atomic mass is 10.2. The van der Waals surface area contributed by atoms with Crippen molar-refractivity contribution in [2.45, 2.75) is 10.9 Å². The molecule has 0 unspecified atom stereocenters. The Balaban J connectivity index is 1.41. The van der Waals surface area contributed by atoms with Crippen molar-refractivity contribution < 1.29 is 14.0 Å². The Labute approximate surface area is 203 Å². The van der Waals surface area contributed by atoms with Crippen LogP contribution in [0.5, 0.6) is 11.5 Å². The minimum atomic E-state index is -0.0768. The number of fused-ring (bicyclic) bond motifs is 1. The third kappa shape index (κ3) is 4.06. The van der Waals surface area contributed by atoms with Crippen LogP contribution in [-0.4, -0.2) is 33.9 Å². The normalized spacial score (nSPS) is 11.1. The fraction of sp³-hybridized carbons (Fsp3) is 0.167. The van der Waals surface area contributed by atoms with Gasteiger partial charge in [0.25, 0.3) is 5.56 Å². The van der Waals surface area contributed by atoms with Crippen LogP contribution in [0.25, 0.3) is 32.0 Å². The summed E-state index contributed by atoms with van der Waals surface area (Å²) >= 11 is 2.82. The molecule has 10 heteroatoms. The van der Waals surface area contributed by atoms with Gasteiger partial charge in [-0.05, 0) is 23.8 Å². The number of benzene rings is 2. The zero-order valence-corrected chi connectivity index (χ0v) is 20.3. The van der Waals surface area contributed by atoms with Crippen LogP contribution < -0.4 is 15.0 Å². The highest BCUT2D eigenvalue weighted by molar-refractivity contribution is 7.98. The van der Waals surface area contributed by atoms with Crippen LogP contribution in [-0.2, 0) is 12.8 Å². The Morgan fingerprint density at radius 2 is 1.88 bits per heavy atom. The van der Waals surface area contributed by atoms with Gasteiger partial charge in [-0.1, -0.05) is 53.3 Å². The summed E-state index contributed by atoms with van der Waals surface area (Å²) in [5.41, 5.74) is 2.34. The molecule has 34 heavy (non-hydrogen) atoms. The molecule has 0 aliphatic carbocycles. The lowest BCUT2D eigenvalue weighted by Crippen LogP contribution is -2.18. The lowest BCUT2D eigenvalue weighted by molar-refractivity contribution is 0.355. The molecule has 0 spiro atoms. The van der Waals surface area contributed by atoms with Crippen molar-refractivity contribution in [2.75, 3.05) is 14.2 Å². The highest BCUT2D eigenvalue weighted by Gasteiger charge is 2.18. The number of hydrogen-bond acceptors (Lipinski definition) is 9. The van der Waals surface area contributed by atoms with Crippen molar-refractivity contribution >= 4 is 33.3 Å². The summed E-state index contributed by atoms with van der Waals surface area (Å²) in [7, 11) is 4.86. The number of thiophene rings is 1. The van der Waals surface area contributed by atoms with E-state index in [4.69, 9.17) is 19.0 Å². The number of methoxy groups -OCH3 is 2. The maximum absolute atomic E-state index is 13.0. The summed E-state index contributed by atoms with van der Waals surface area (Å²) in [6, 6.07) is 17.4. The predicted molar refractivity (Wildman–Crippen MR) is 133 cm³/mol. The van der Waals surface area contributed by atoms with Crippen molar-refractivity contribution in [2.24, 2.45) is 7.05 Å². The molecule has 0 fully saturated rings. The maximum atomic E-state index is 13.0. The first kappa shape index (κ1) is 22.2. The summed E-state index contributed by atoms with van der Waals surface area (Å²) in [4.78, 5) is 23.2. The third-order valence-corrected chi connectivity index (χ3v) is 7.39. The molecule has 2 aromatic carbocycles. The van der Waals surface area contributed by atoms with Gasteiger partial charge in [-0.15, -0.1) is 11.3 Å². The quantitative estimate of drug-likeness (QED) is 0.231. The Morgan fingerprint density at radius 1 is 1.06 bits per heavy atom. The van der Waals surface area contributed by atoms with E-state index in [0.717, 1.165) is 10.4 Å². The number of hydrogen-bond donors (Lipinski definition) is 0. The molecule has 0 saturated carbocycles. The van der Waals surface area contributed by atoms with Crippen molar-refractivity contribution in [3.8, 4) is 33.3 Å². The molecule has 0 aliphatic rings. The topological polar surface area (TPSA) is 92.3 Å².